The largest absolute Gasteiger partial charge is 0.593 e. The molecule has 1 fully saturated rings. The highest BCUT2D eigenvalue weighted by atomic mass is 32.2. The fraction of sp³-hybridized carbons (Fsp3) is 0.300. The number of para-hydroxylation sites is 1. The van der Waals surface area contributed by atoms with E-state index < -0.39 is 11.4 Å². The van der Waals surface area contributed by atoms with E-state index in [-0.39, 0.29) is 12.1 Å². The molecule has 2 aromatic rings. The van der Waals surface area contributed by atoms with Crippen LogP contribution in [-0.4, -0.2) is 34.1 Å². The Labute approximate surface area is 161 Å². The minimum Gasteiger partial charge on any atom is -0.593 e. The number of cyclic esters (lactones) is 1. The van der Waals surface area contributed by atoms with Crippen LogP contribution in [0.4, 0.5) is 10.5 Å². The first-order valence-electron chi connectivity index (χ1n) is 8.89. The van der Waals surface area contributed by atoms with Crippen molar-refractivity contribution in [3.8, 4) is 6.07 Å². The fourth-order valence-corrected chi connectivity index (χ4v) is 4.96. The number of amides is 1. The second kappa shape index (κ2) is 7.61. The standard InChI is InChI=1S/C20H19N3O3S/c21-13-15-5-2-4-8-19(15)27(25)22-11-9-17(10-12-22)23-18-7-3-1-6-16(18)14-26-20(23)24/h1-8,17H,9-12,14H2. The Bertz CT molecular complexity index is 890. The van der Waals surface area contributed by atoms with Crippen LogP contribution >= 0.6 is 0 Å². The van der Waals surface area contributed by atoms with Gasteiger partial charge in [0, 0.05) is 24.7 Å². The number of piperidine rings is 1. The predicted octanol–water partition coefficient (Wildman–Crippen LogP) is 3.20. The minimum atomic E-state index is -1.38. The Balaban J connectivity index is 1.48. The zero-order chi connectivity index (χ0) is 18.8. The molecule has 6 nitrogen and oxygen atoms in total. The normalized spacial score (nSPS) is 19.1. The molecule has 2 aromatic carbocycles. The van der Waals surface area contributed by atoms with Crippen LogP contribution in [0.15, 0.2) is 53.4 Å². The third kappa shape index (κ3) is 3.39. The summed E-state index contributed by atoms with van der Waals surface area (Å²) in [5, 5.41) is 9.24. The van der Waals surface area contributed by atoms with Gasteiger partial charge in [0.1, 0.15) is 18.2 Å². The number of hydrogen-bond acceptors (Lipinski definition) is 5. The SMILES string of the molecule is N#Cc1ccccc1[S+]([O-])N1CCC(N2C(=O)OCc3ccccc32)CC1. The number of ether oxygens (including phenoxy) is 1. The molecular weight excluding hydrogens is 362 g/mol. The zero-order valence-corrected chi connectivity index (χ0v) is 15.5. The van der Waals surface area contributed by atoms with Crippen LogP contribution in [0, 0.1) is 11.3 Å². The first-order chi connectivity index (χ1) is 13.2. The van der Waals surface area contributed by atoms with Crippen LogP contribution in [0.5, 0.6) is 0 Å². The van der Waals surface area contributed by atoms with Crippen molar-refractivity contribution in [2.75, 3.05) is 18.0 Å². The van der Waals surface area contributed by atoms with Gasteiger partial charge in [-0.25, -0.2) is 4.79 Å². The number of nitriles is 1. The molecule has 2 heterocycles. The summed E-state index contributed by atoms with van der Waals surface area (Å²) < 4.78 is 20.1. The molecule has 0 spiro atoms. The van der Waals surface area contributed by atoms with Crippen molar-refractivity contribution in [3.63, 3.8) is 0 Å². The maximum Gasteiger partial charge on any atom is 0.414 e. The van der Waals surface area contributed by atoms with E-state index in [0.717, 1.165) is 11.3 Å². The van der Waals surface area contributed by atoms with Gasteiger partial charge in [-0.2, -0.15) is 5.26 Å². The Morgan fingerprint density at radius 2 is 1.81 bits per heavy atom. The minimum absolute atomic E-state index is 0.0124. The average molecular weight is 381 g/mol. The van der Waals surface area contributed by atoms with Gasteiger partial charge in [-0.15, -0.1) is 4.31 Å². The van der Waals surface area contributed by atoms with Crippen molar-refractivity contribution >= 4 is 23.1 Å². The molecule has 0 aliphatic carbocycles. The number of carbonyl (C=O) groups is 1. The Morgan fingerprint density at radius 3 is 2.59 bits per heavy atom. The molecule has 7 heteroatoms. The summed E-state index contributed by atoms with van der Waals surface area (Å²) in [6.45, 7) is 1.48. The van der Waals surface area contributed by atoms with E-state index in [1.54, 1.807) is 29.2 Å². The molecular formula is C20H19N3O3S. The molecule has 0 aromatic heterocycles. The molecule has 27 heavy (non-hydrogen) atoms. The Hall–Kier alpha value is -2.53. The number of fused-ring (bicyclic) bond motifs is 1. The van der Waals surface area contributed by atoms with Gasteiger partial charge >= 0.3 is 6.09 Å². The summed E-state index contributed by atoms with van der Waals surface area (Å²) in [4.78, 5) is 14.7. The van der Waals surface area contributed by atoms with Crippen molar-refractivity contribution in [1.29, 1.82) is 5.26 Å². The fourth-order valence-electron chi connectivity index (χ4n) is 3.64. The van der Waals surface area contributed by atoms with Crippen LogP contribution < -0.4 is 4.90 Å². The molecule has 4 rings (SSSR count). The lowest BCUT2D eigenvalue weighted by molar-refractivity contribution is 0.136. The molecule has 1 atom stereocenters. The third-order valence-corrected chi connectivity index (χ3v) is 6.58. The Morgan fingerprint density at radius 1 is 1.11 bits per heavy atom. The maximum atomic E-state index is 12.9. The molecule has 0 saturated carbocycles. The molecule has 0 radical (unpaired) electrons. The highest BCUT2D eigenvalue weighted by Crippen LogP contribution is 2.33. The second-order valence-electron chi connectivity index (χ2n) is 6.57. The van der Waals surface area contributed by atoms with E-state index in [4.69, 9.17) is 4.74 Å². The molecule has 2 aliphatic rings. The number of carbonyl (C=O) groups excluding carboxylic acids is 1. The average Bonchev–Trinajstić information content (AvgIpc) is 2.73. The summed E-state index contributed by atoms with van der Waals surface area (Å²) in [6.07, 6.45) is 1.08. The number of benzene rings is 2. The molecule has 0 bridgehead atoms. The first-order valence-corrected chi connectivity index (χ1v) is 9.99. The van der Waals surface area contributed by atoms with Crippen LogP contribution in [0.2, 0.25) is 0 Å². The van der Waals surface area contributed by atoms with E-state index >= 15 is 0 Å². The van der Waals surface area contributed by atoms with E-state index in [0.29, 0.717) is 43.0 Å². The molecule has 0 N–H and O–H groups in total. The molecule has 2 aliphatic heterocycles. The van der Waals surface area contributed by atoms with Crippen LogP contribution in [0.1, 0.15) is 24.0 Å². The number of hydrogen-bond donors (Lipinski definition) is 0. The van der Waals surface area contributed by atoms with Gasteiger partial charge in [0.2, 0.25) is 0 Å². The summed E-state index contributed by atoms with van der Waals surface area (Å²) in [7, 11) is 0. The monoisotopic (exact) mass is 381 g/mol. The lowest BCUT2D eigenvalue weighted by atomic mass is 10.0. The van der Waals surface area contributed by atoms with Gasteiger partial charge in [0.15, 0.2) is 4.90 Å². The van der Waals surface area contributed by atoms with Gasteiger partial charge in [0.05, 0.1) is 17.0 Å². The lowest BCUT2D eigenvalue weighted by Crippen LogP contribution is -2.50. The van der Waals surface area contributed by atoms with E-state index in [2.05, 4.69) is 6.07 Å². The summed E-state index contributed by atoms with van der Waals surface area (Å²) in [5.74, 6) is 0. The maximum absolute atomic E-state index is 12.9. The van der Waals surface area contributed by atoms with Crippen LogP contribution in [-0.2, 0) is 22.7 Å². The summed E-state index contributed by atoms with van der Waals surface area (Å²) in [6, 6.07) is 16.9. The highest BCUT2D eigenvalue weighted by Gasteiger charge is 2.37. The van der Waals surface area contributed by atoms with E-state index in [9.17, 15) is 14.6 Å². The lowest BCUT2D eigenvalue weighted by Gasteiger charge is -2.39. The van der Waals surface area contributed by atoms with Crippen molar-refractivity contribution in [1.82, 2.24) is 4.31 Å². The first kappa shape index (κ1) is 17.9. The molecule has 1 amide bonds. The summed E-state index contributed by atoms with van der Waals surface area (Å²) >= 11 is -1.38. The molecule has 1 unspecified atom stereocenters. The van der Waals surface area contributed by atoms with Gasteiger partial charge < -0.3 is 9.29 Å². The predicted molar refractivity (Wildman–Crippen MR) is 101 cm³/mol. The van der Waals surface area contributed by atoms with Crippen molar-refractivity contribution < 1.29 is 14.1 Å². The van der Waals surface area contributed by atoms with Crippen molar-refractivity contribution in [2.24, 2.45) is 0 Å². The van der Waals surface area contributed by atoms with Gasteiger partial charge in [-0.05, 0) is 31.0 Å². The van der Waals surface area contributed by atoms with Crippen molar-refractivity contribution in [3.05, 3.63) is 59.7 Å². The van der Waals surface area contributed by atoms with Gasteiger partial charge in [-0.3, -0.25) is 4.90 Å². The number of rotatable bonds is 3. The topological polar surface area (TPSA) is 79.6 Å². The number of anilines is 1. The molecule has 1 saturated heterocycles. The van der Waals surface area contributed by atoms with E-state index in [1.165, 1.54) is 0 Å². The third-order valence-electron chi connectivity index (χ3n) is 5.02. The smallest absolute Gasteiger partial charge is 0.414 e. The molecule has 138 valence electrons. The zero-order valence-electron chi connectivity index (χ0n) is 14.7. The van der Waals surface area contributed by atoms with E-state index in [1.807, 2.05) is 28.6 Å². The highest BCUT2D eigenvalue weighted by molar-refractivity contribution is 7.89. The summed E-state index contributed by atoms with van der Waals surface area (Å²) in [5.41, 5.74) is 2.35. The van der Waals surface area contributed by atoms with Crippen molar-refractivity contribution in [2.45, 2.75) is 30.4 Å². The van der Waals surface area contributed by atoms with Gasteiger partial charge in [0.25, 0.3) is 0 Å². The second-order valence-corrected chi connectivity index (χ2v) is 8.03. The van der Waals surface area contributed by atoms with Crippen LogP contribution in [0.3, 0.4) is 0 Å². The quantitative estimate of drug-likeness (QED) is 0.763. The van der Waals surface area contributed by atoms with Crippen LogP contribution in [0.25, 0.3) is 0 Å². The number of nitrogens with zero attached hydrogens (tertiary/aromatic N) is 3. The Kier molecular flexibility index (Phi) is 5.03. The van der Waals surface area contributed by atoms with Gasteiger partial charge in [-0.1, -0.05) is 30.3 Å².